The number of aromatic hydroxyl groups is 1. The fourth-order valence-corrected chi connectivity index (χ4v) is 4.61. The van der Waals surface area contributed by atoms with Crippen LogP contribution in [0, 0.1) is 18.8 Å². The fraction of sp³-hybridized carbons (Fsp3) is 0.647. The third kappa shape index (κ3) is 3.04. The maximum absolute atomic E-state index is 10.2. The molecule has 3 heteroatoms. The Bertz CT molecular complexity index is 488. The van der Waals surface area contributed by atoms with Gasteiger partial charge in [-0.2, -0.15) is 0 Å². The van der Waals surface area contributed by atoms with E-state index in [2.05, 4.69) is 26.9 Å². The number of benzene rings is 1. The molecule has 0 amide bonds. The van der Waals surface area contributed by atoms with Gasteiger partial charge in [0.05, 0.1) is 0 Å². The molecule has 3 rings (SSSR count). The summed E-state index contributed by atoms with van der Waals surface area (Å²) in [5, 5.41) is 10.2. The Balaban J connectivity index is 1.69. The van der Waals surface area contributed by atoms with Crippen LogP contribution in [0.1, 0.15) is 43.2 Å². The number of fused-ring (bicyclic) bond motifs is 1. The van der Waals surface area contributed by atoms with Crippen molar-refractivity contribution in [2.45, 2.75) is 45.6 Å². The number of piperidine rings is 1. The molecule has 2 atom stereocenters. The van der Waals surface area contributed by atoms with Crippen LogP contribution in [0.25, 0.3) is 0 Å². The predicted octanol–water partition coefficient (Wildman–Crippen LogP) is 4.48. The number of halogens is 1. The van der Waals surface area contributed by atoms with Gasteiger partial charge >= 0.3 is 0 Å². The lowest BCUT2D eigenvalue weighted by molar-refractivity contribution is 0.0815. The van der Waals surface area contributed by atoms with E-state index in [1.807, 2.05) is 13.0 Å². The maximum Gasteiger partial charge on any atom is 0.123 e. The number of nitrogens with zero attached hydrogens (tertiary/aromatic N) is 1. The summed E-state index contributed by atoms with van der Waals surface area (Å²) in [4.78, 5) is 2.54. The molecule has 0 aromatic heterocycles. The second-order valence-corrected chi connectivity index (χ2v) is 7.47. The van der Waals surface area contributed by atoms with Crippen LogP contribution in [0.5, 0.6) is 5.75 Å². The molecule has 2 unspecified atom stereocenters. The van der Waals surface area contributed by atoms with Crippen LogP contribution < -0.4 is 0 Å². The van der Waals surface area contributed by atoms with Crippen LogP contribution in [-0.4, -0.2) is 23.1 Å². The lowest BCUT2D eigenvalue weighted by atomic mass is 9.75. The second-order valence-electron chi connectivity index (χ2n) is 6.56. The number of rotatable bonds is 2. The molecule has 2 fully saturated rings. The molecular formula is C17H24BrNO. The van der Waals surface area contributed by atoms with E-state index in [1.54, 1.807) is 0 Å². The molecule has 2 aliphatic rings. The molecule has 1 aromatic rings. The third-order valence-corrected chi connectivity index (χ3v) is 5.57. The lowest BCUT2D eigenvalue weighted by Gasteiger charge is -2.41. The third-order valence-electron chi connectivity index (χ3n) is 5.11. The van der Waals surface area contributed by atoms with E-state index >= 15 is 0 Å². The monoisotopic (exact) mass is 337 g/mol. The minimum absolute atomic E-state index is 0.471. The summed E-state index contributed by atoms with van der Waals surface area (Å²) in [6.45, 7) is 5.26. The molecular weight excluding hydrogens is 314 g/mol. The van der Waals surface area contributed by atoms with Crippen molar-refractivity contribution < 1.29 is 5.11 Å². The van der Waals surface area contributed by atoms with E-state index in [9.17, 15) is 5.11 Å². The molecule has 1 saturated heterocycles. The Morgan fingerprint density at radius 2 is 1.95 bits per heavy atom. The zero-order valence-electron chi connectivity index (χ0n) is 12.2. The Morgan fingerprint density at radius 1 is 1.20 bits per heavy atom. The van der Waals surface area contributed by atoms with Crippen molar-refractivity contribution in [1.82, 2.24) is 4.90 Å². The average molecular weight is 338 g/mol. The quantitative estimate of drug-likeness (QED) is 0.860. The molecule has 1 heterocycles. The van der Waals surface area contributed by atoms with E-state index in [0.29, 0.717) is 5.75 Å². The van der Waals surface area contributed by atoms with Crippen LogP contribution in [0.15, 0.2) is 16.6 Å². The lowest BCUT2D eigenvalue weighted by Crippen LogP contribution is -2.41. The van der Waals surface area contributed by atoms with Gasteiger partial charge in [0.2, 0.25) is 0 Å². The first-order valence-electron chi connectivity index (χ1n) is 7.84. The van der Waals surface area contributed by atoms with Crippen molar-refractivity contribution in [2.24, 2.45) is 11.8 Å². The second kappa shape index (κ2) is 6.07. The van der Waals surface area contributed by atoms with Crippen molar-refractivity contribution in [3.05, 3.63) is 27.7 Å². The molecule has 20 heavy (non-hydrogen) atoms. The van der Waals surface area contributed by atoms with E-state index < -0.39 is 0 Å². The molecule has 110 valence electrons. The van der Waals surface area contributed by atoms with Crippen LogP contribution in [-0.2, 0) is 6.54 Å². The molecule has 0 radical (unpaired) electrons. The molecule has 1 aliphatic heterocycles. The first-order chi connectivity index (χ1) is 9.63. The van der Waals surface area contributed by atoms with Gasteiger partial charge in [-0.1, -0.05) is 35.2 Å². The zero-order chi connectivity index (χ0) is 14.1. The summed E-state index contributed by atoms with van der Waals surface area (Å²) in [5.74, 6) is 2.34. The Hall–Kier alpha value is -0.540. The van der Waals surface area contributed by atoms with Crippen LogP contribution in [0.2, 0.25) is 0 Å². The molecule has 0 spiro atoms. The Kier molecular flexibility index (Phi) is 4.37. The highest BCUT2D eigenvalue weighted by Crippen LogP contribution is 2.37. The van der Waals surface area contributed by atoms with E-state index in [1.165, 1.54) is 45.2 Å². The van der Waals surface area contributed by atoms with Gasteiger partial charge < -0.3 is 5.11 Å². The van der Waals surface area contributed by atoms with Crippen molar-refractivity contribution in [1.29, 1.82) is 0 Å². The molecule has 2 nitrogen and oxygen atoms in total. The van der Waals surface area contributed by atoms with Crippen molar-refractivity contribution in [2.75, 3.05) is 13.1 Å². The number of likely N-dealkylation sites (tertiary alicyclic amines) is 1. The highest BCUT2D eigenvalue weighted by Gasteiger charge is 2.31. The Morgan fingerprint density at radius 3 is 2.75 bits per heavy atom. The topological polar surface area (TPSA) is 23.5 Å². The molecule has 0 bridgehead atoms. The van der Waals surface area contributed by atoms with Gasteiger partial charge in [0.25, 0.3) is 0 Å². The highest BCUT2D eigenvalue weighted by molar-refractivity contribution is 9.10. The Labute approximate surface area is 130 Å². The zero-order valence-corrected chi connectivity index (χ0v) is 13.8. The normalized spacial score (nSPS) is 27.3. The van der Waals surface area contributed by atoms with Crippen molar-refractivity contribution in [3.63, 3.8) is 0 Å². The summed E-state index contributed by atoms with van der Waals surface area (Å²) in [5.41, 5.74) is 2.02. The van der Waals surface area contributed by atoms with Gasteiger partial charge in [0, 0.05) is 23.1 Å². The summed E-state index contributed by atoms with van der Waals surface area (Å²) < 4.78 is 1.07. The largest absolute Gasteiger partial charge is 0.507 e. The van der Waals surface area contributed by atoms with E-state index in [0.717, 1.165) is 34.0 Å². The summed E-state index contributed by atoms with van der Waals surface area (Å²) in [7, 11) is 0. The van der Waals surface area contributed by atoms with Gasteiger partial charge in [0.15, 0.2) is 0 Å². The first kappa shape index (κ1) is 14.4. The number of phenols is 1. The van der Waals surface area contributed by atoms with Crippen LogP contribution in [0.3, 0.4) is 0 Å². The number of phenolic OH excluding ortho intramolecular Hbond substituents is 1. The van der Waals surface area contributed by atoms with Gasteiger partial charge in [-0.3, -0.25) is 4.90 Å². The molecule has 1 aliphatic carbocycles. The standard InChI is InChI=1S/C17H24BrNO/c1-12-8-16(18)9-15(17(12)20)11-19-7-6-13-4-2-3-5-14(13)10-19/h8-9,13-14,20H,2-7,10-11H2,1H3. The smallest absolute Gasteiger partial charge is 0.123 e. The average Bonchev–Trinajstić information content (AvgIpc) is 2.44. The first-order valence-corrected chi connectivity index (χ1v) is 8.63. The minimum Gasteiger partial charge on any atom is -0.507 e. The van der Waals surface area contributed by atoms with Gasteiger partial charge in [-0.15, -0.1) is 0 Å². The van der Waals surface area contributed by atoms with Gasteiger partial charge in [-0.05, 0) is 55.8 Å². The van der Waals surface area contributed by atoms with E-state index in [4.69, 9.17) is 0 Å². The predicted molar refractivity (Wildman–Crippen MR) is 85.9 cm³/mol. The maximum atomic E-state index is 10.2. The summed E-state index contributed by atoms with van der Waals surface area (Å²) >= 11 is 3.54. The van der Waals surface area contributed by atoms with Crippen LogP contribution in [0.4, 0.5) is 0 Å². The number of aryl methyl sites for hydroxylation is 1. The van der Waals surface area contributed by atoms with Gasteiger partial charge in [-0.25, -0.2) is 0 Å². The van der Waals surface area contributed by atoms with E-state index in [-0.39, 0.29) is 0 Å². The molecule has 1 aromatic carbocycles. The van der Waals surface area contributed by atoms with Crippen LogP contribution >= 0.6 is 15.9 Å². The highest BCUT2D eigenvalue weighted by atomic mass is 79.9. The van der Waals surface area contributed by atoms with Gasteiger partial charge in [0.1, 0.15) is 5.75 Å². The summed E-state index contributed by atoms with van der Waals surface area (Å²) in [6, 6.07) is 4.04. The molecule has 1 N–H and O–H groups in total. The fourth-order valence-electron chi connectivity index (χ4n) is 3.99. The number of hydrogen-bond donors (Lipinski definition) is 1. The summed E-state index contributed by atoms with van der Waals surface area (Å²) in [6.07, 6.45) is 7.05. The SMILES string of the molecule is Cc1cc(Br)cc(CN2CCC3CCCCC3C2)c1O. The minimum atomic E-state index is 0.471. The molecule has 1 saturated carbocycles. The number of hydrogen-bond acceptors (Lipinski definition) is 2. The van der Waals surface area contributed by atoms with Crippen molar-refractivity contribution in [3.8, 4) is 5.75 Å². The van der Waals surface area contributed by atoms with Crippen molar-refractivity contribution >= 4 is 15.9 Å².